The minimum atomic E-state index is -3.68. The van der Waals surface area contributed by atoms with Crippen molar-refractivity contribution < 1.29 is 67.0 Å². The fourth-order valence-corrected chi connectivity index (χ4v) is 6.42. The molecule has 0 aromatic carbocycles. The Bertz CT molecular complexity index is 800. The van der Waals surface area contributed by atoms with Crippen LogP contribution in [0.3, 0.4) is 0 Å². The van der Waals surface area contributed by atoms with E-state index in [2.05, 4.69) is 0 Å². The van der Waals surface area contributed by atoms with Gasteiger partial charge >= 0.3 is 35.5 Å². The van der Waals surface area contributed by atoms with Crippen molar-refractivity contribution in [1.29, 1.82) is 0 Å². The van der Waals surface area contributed by atoms with E-state index >= 15 is 0 Å². The molecule has 28 heavy (non-hydrogen) atoms. The number of nitrogens with zero attached hydrogens (tertiary/aromatic N) is 1. The van der Waals surface area contributed by atoms with Crippen LogP contribution in [0.1, 0.15) is 46.0 Å². The van der Waals surface area contributed by atoms with Gasteiger partial charge in [-0.15, -0.1) is 0 Å². The maximum absolute atomic E-state index is 12.6. The third kappa shape index (κ3) is 3.64. The average molecular weight is 423 g/mol. The van der Waals surface area contributed by atoms with E-state index in [-0.39, 0.29) is 36.0 Å². The molecule has 1 saturated carbocycles. The predicted octanol–water partition coefficient (Wildman–Crippen LogP) is -4.21. The number of sulfone groups is 1. The normalized spacial score (nSPS) is 32.5. The van der Waals surface area contributed by atoms with Crippen LogP contribution in [0.4, 0.5) is 0 Å². The van der Waals surface area contributed by atoms with Gasteiger partial charge in [0.25, 0.3) is 0 Å². The Morgan fingerprint density at radius 2 is 1.68 bits per heavy atom. The van der Waals surface area contributed by atoms with Gasteiger partial charge in [-0.05, 0) is 45.4 Å². The summed E-state index contributed by atoms with van der Waals surface area (Å²) in [6.07, 6.45) is 1.17. The van der Waals surface area contributed by atoms with Crippen molar-refractivity contribution in [3.05, 3.63) is 0 Å². The summed E-state index contributed by atoms with van der Waals surface area (Å²) in [5.74, 6) is -3.84. The summed E-state index contributed by atoms with van der Waals surface area (Å²) < 4.78 is 28.6. The van der Waals surface area contributed by atoms with Crippen LogP contribution >= 0.6 is 0 Å². The maximum Gasteiger partial charge on any atom is 1.00 e. The number of carboxylic acid groups (broad SMARTS) is 1. The van der Waals surface area contributed by atoms with Gasteiger partial charge in [-0.3, -0.25) is 14.4 Å². The molecule has 0 radical (unpaired) electrons. The molecule has 3 aliphatic rings. The van der Waals surface area contributed by atoms with Crippen molar-refractivity contribution in [3.8, 4) is 0 Å². The average Bonchev–Trinajstić information content (AvgIpc) is 2.73. The predicted molar refractivity (Wildman–Crippen MR) is 88.5 cm³/mol. The Labute approximate surface area is 185 Å². The zero-order valence-corrected chi connectivity index (χ0v) is 19.0. The molecule has 3 fully saturated rings. The van der Waals surface area contributed by atoms with Gasteiger partial charge in [-0.25, -0.2) is 8.42 Å². The van der Waals surface area contributed by atoms with Crippen molar-refractivity contribution >= 4 is 33.5 Å². The number of rotatable bonds is 5. The Kier molecular flexibility index (Phi) is 6.70. The third-order valence-electron chi connectivity index (χ3n) is 6.03. The zero-order valence-electron chi connectivity index (χ0n) is 16.2. The van der Waals surface area contributed by atoms with Crippen LogP contribution < -0.4 is 34.7 Å². The van der Waals surface area contributed by atoms with Gasteiger partial charge in [0.05, 0.1) is 17.1 Å². The van der Waals surface area contributed by atoms with Crippen molar-refractivity contribution in [2.75, 3.05) is 6.61 Å². The van der Waals surface area contributed by atoms with Gasteiger partial charge in [0, 0.05) is 5.97 Å². The third-order valence-corrected chi connectivity index (χ3v) is 8.83. The standard InChI is InChI=1S/C17H23NO8S.Na/c1-17(2)14(18-12(20)7-13(18)27(17,24)25)11(19)8-26-16(23)10-5-3-9(4-6-10)15(21)22;/h9-10,13-14H,3-8H2,1-2H3,(H,21,22);/q;+1/p-1/t9-,10-,13-,14+;/m1./s1. The second-order valence-corrected chi connectivity index (χ2v) is 10.6. The summed E-state index contributed by atoms with van der Waals surface area (Å²) in [4.78, 5) is 48.5. The van der Waals surface area contributed by atoms with Crippen LogP contribution in [0, 0.1) is 11.8 Å². The number of hydrogen-bond acceptors (Lipinski definition) is 8. The second kappa shape index (κ2) is 8.04. The Morgan fingerprint density at radius 1 is 1.14 bits per heavy atom. The number of carboxylic acids is 1. The topological polar surface area (TPSA) is 138 Å². The zero-order chi connectivity index (χ0) is 20.1. The molecule has 0 unspecified atom stereocenters. The molecule has 0 aromatic rings. The van der Waals surface area contributed by atoms with Crippen molar-refractivity contribution in [2.45, 2.75) is 62.1 Å². The molecule has 2 heterocycles. The number of fused-ring (bicyclic) bond motifs is 1. The van der Waals surface area contributed by atoms with Crippen LogP contribution in [0.15, 0.2) is 0 Å². The molecule has 1 amide bonds. The summed E-state index contributed by atoms with van der Waals surface area (Å²) in [6.45, 7) is 2.19. The van der Waals surface area contributed by atoms with Crippen molar-refractivity contribution in [3.63, 3.8) is 0 Å². The Morgan fingerprint density at radius 3 is 2.18 bits per heavy atom. The molecular formula is C17H22NNaO8S. The molecule has 9 nitrogen and oxygen atoms in total. The number of aliphatic carboxylic acids is 1. The Hall–Kier alpha value is -0.970. The number of amides is 1. The number of β-lactam (4-membered cyclic amide) rings is 1. The van der Waals surface area contributed by atoms with E-state index in [9.17, 15) is 32.7 Å². The molecule has 0 N–H and O–H groups in total. The minimum absolute atomic E-state index is 0. The van der Waals surface area contributed by atoms with Crippen LogP contribution in [0.2, 0.25) is 0 Å². The van der Waals surface area contributed by atoms with Gasteiger partial charge in [0.2, 0.25) is 5.91 Å². The Balaban J connectivity index is 0.00000280. The molecular weight excluding hydrogens is 401 g/mol. The van der Waals surface area contributed by atoms with Gasteiger partial charge in [-0.2, -0.15) is 0 Å². The number of ether oxygens (including phenoxy) is 1. The fourth-order valence-electron chi connectivity index (χ4n) is 4.26. The summed E-state index contributed by atoms with van der Waals surface area (Å²) in [5, 5.41) is 9.86. The first-order chi connectivity index (χ1) is 12.5. The maximum atomic E-state index is 12.6. The van der Waals surface area contributed by atoms with Gasteiger partial charge < -0.3 is 19.5 Å². The summed E-state index contributed by atoms with van der Waals surface area (Å²) in [7, 11) is -3.68. The second-order valence-electron chi connectivity index (χ2n) is 7.95. The molecule has 1 aliphatic carbocycles. The first kappa shape index (κ1) is 23.3. The van der Waals surface area contributed by atoms with E-state index < -0.39 is 68.1 Å². The molecule has 3 rings (SSSR count). The smallest absolute Gasteiger partial charge is 0.550 e. The number of carbonyl (C=O) groups is 4. The number of ketones is 1. The first-order valence-corrected chi connectivity index (χ1v) is 10.5. The molecule has 2 atom stereocenters. The number of esters is 1. The van der Waals surface area contributed by atoms with Crippen molar-refractivity contribution in [1.82, 2.24) is 4.90 Å². The van der Waals surface area contributed by atoms with Crippen LogP contribution in [-0.4, -0.2) is 59.7 Å². The quantitative estimate of drug-likeness (QED) is 0.246. The van der Waals surface area contributed by atoms with Crippen LogP contribution in [0.25, 0.3) is 0 Å². The number of hydrogen-bond donors (Lipinski definition) is 0. The van der Waals surface area contributed by atoms with Gasteiger partial charge in [0.1, 0.15) is 11.4 Å². The monoisotopic (exact) mass is 423 g/mol. The van der Waals surface area contributed by atoms with Crippen LogP contribution in [0.5, 0.6) is 0 Å². The minimum Gasteiger partial charge on any atom is -0.550 e. The van der Waals surface area contributed by atoms with Gasteiger partial charge in [0.15, 0.2) is 22.2 Å². The number of carbonyl (C=O) groups excluding carboxylic acids is 4. The largest absolute Gasteiger partial charge is 1.00 e. The van der Waals surface area contributed by atoms with E-state index in [1.807, 2.05) is 0 Å². The molecule has 2 aliphatic heterocycles. The molecule has 0 spiro atoms. The first-order valence-electron chi connectivity index (χ1n) is 8.93. The van der Waals surface area contributed by atoms with Crippen molar-refractivity contribution in [2.24, 2.45) is 11.8 Å². The van der Waals surface area contributed by atoms with E-state index in [1.54, 1.807) is 0 Å². The summed E-state index contributed by atoms with van der Waals surface area (Å²) >= 11 is 0. The SMILES string of the molecule is CC1(C)[C@H](C(=O)COC(=O)[C@H]2CC[C@H](C(=O)[O-])CC2)N2C(=O)C[C@H]2S1(=O)=O.[Na+]. The number of Topliss-reactive ketones (excluding diaryl/α,β-unsaturated/α-hetero) is 1. The summed E-state index contributed by atoms with van der Waals surface area (Å²) in [6, 6.07) is -1.17. The molecule has 2 saturated heterocycles. The summed E-state index contributed by atoms with van der Waals surface area (Å²) in [5.41, 5.74) is 0. The van der Waals surface area contributed by atoms with E-state index in [1.165, 1.54) is 13.8 Å². The van der Waals surface area contributed by atoms with E-state index in [0.29, 0.717) is 25.7 Å². The molecule has 0 bridgehead atoms. The van der Waals surface area contributed by atoms with E-state index in [4.69, 9.17) is 4.74 Å². The van der Waals surface area contributed by atoms with Crippen LogP contribution in [-0.2, 0) is 33.8 Å². The van der Waals surface area contributed by atoms with E-state index in [0.717, 1.165) is 4.90 Å². The fraction of sp³-hybridized carbons (Fsp3) is 0.765. The molecule has 11 heteroatoms. The molecule has 150 valence electrons. The molecule has 0 aromatic heterocycles. The van der Waals surface area contributed by atoms with Gasteiger partial charge in [-0.1, -0.05) is 0 Å².